The monoisotopic (exact) mass is 317 g/mol. The zero-order valence-electron chi connectivity index (χ0n) is 10.8. The van der Waals surface area contributed by atoms with Crippen LogP contribution in [0.1, 0.15) is 18.4 Å². The number of primary amides is 1. The molecule has 1 aromatic carbocycles. The van der Waals surface area contributed by atoms with Crippen molar-refractivity contribution < 1.29 is 13.2 Å². The number of piperidine rings is 1. The van der Waals surface area contributed by atoms with Crippen LogP contribution >= 0.6 is 11.6 Å². The van der Waals surface area contributed by atoms with Crippen LogP contribution in [0.3, 0.4) is 0 Å². The van der Waals surface area contributed by atoms with Crippen molar-refractivity contribution in [2.45, 2.75) is 18.3 Å². The number of hydrogen-bond donors (Lipinski definition) is 2. The largest absolute Gasteiger partial charge is 0.369 e. The number of carbonyl (C=O) groups excluding carboxylic acids is 1. The molecule has 1 aromatic rings. The fourth-order valence-corrected chi connectivity index (χ4v) is 3.47. The molecule has 110 valence electrons. The van der Waals surface area contributed by atoms with Crippen molar-refractivity contribution in [2.75, 3.05) is 13.1 Å². The summed E-state index contributed by atoms with van der Waals surface area (Å²) in [5.41, 5.74) is 5.38. The number of carbonyl (C=O) groups is 1. The molecular weight excluding hydrogens is 302 g/mol. The van der Waals surface area contributed by atoms with E-state index in [-0.39, 0.29) is 13.1 Å². The Kier molecular flexibility index (Phi) is 4.06. The Labute approximate surface area is 122 Å². The Hall–Kier alpha value is -1.15. The van der Waals surface area contributed by atoms with Gasteiger partial charge < -0.3 is 5.73 Å². The van der Waals surface area contributed by atoms with Crippen LogP contribution in [0.4, 0.5) is 0 Å². The van der Waals surface area contributed by atoms with Crippen LogP contribution in [0.15, 0.2) is 24.3 Å². The summed E-state index contributed by atoms with van der Waals surface area (Å²) in [6.07, 6.45) is 0.582. The van der Waals surface area contributed by atoms with Crippen molar-refractivity contribution in [3.05, 3.63) is 34.9 Å². The molecule has 8 heteroatoms. The second-order valence-electron chi connectivity index (χ2n) is 4.90. The highest BCUT2D eigenvalue weighted by Gasteiger charge is 2.43. The topological polar surface area (TPSA) is 106 Å². The van der Waals surface area contributed by atoms with Gasteiger partial charge in [-0.1, -0.05) is 23.7 Å². The second kappa shape index (κ2) is 5.33. The zero-order chi connectivity index (χ0) is 15.0. The third-order valence-corrected chi connectivity index (χ3v) is 5.10. The van der Waals surface area contributed by atoms with Crippen molar-refractivity contribution in [3.63, 3.8) is 0 Å². The van der Waals surface area contributed by atoms with E-state index in [1.165, 1.54) is 0 Å². The highest BCUT2D eigenvalue weighted by Crippen LogP contribution is 2.36. The van der Waals surface area contributed by atoms with Crippen LogP contribution < -0.4 is 10.9 Å². The summed E-state index contributed by atoms with van der Waals surface area (Å²) in [7, 11) is -3.74. The highest BCUT2D eigenvalue weighted by atomic mass is 35.5. The normalized spacial score (nSPS) is 19.7. The van der Waals surface area contributed by atoms with Gasteiger partial charge in [-0.2, -0.15) is 12.7 Å². The molecule has 0 atom stereocenters. The fourth-order valence-electron chi connectivity index (χ4n) is 2.59. The van der Waals surface area contributed by atoms with Gasteiger partial charge in [0, 0.05) is 18.1 Å². The molecule has 1 saturated heterocycles. The average Bonchev–Trinajstić information content (AvgIpc) is 2.37. The summed E-state index contributed by atoms with van der Waals surface area (Å²) >= 11 is 5.95. The van der Waals surface area contributed by atoms with Crippen molar-refractivity contribution in [2.24, 2.45) is 10.9 Å². The molecule has 2 rings (SSSR count). The van der Waals surface area contributed by atoms with E-state index in [1.54, 1.807) is 24.3 Å². The molecule has 0 saturated carbocycles. The molecule has 4 N–H and O–H groups in total. The minimum atomic E-state index is -3.74. The van der Waals surface area contributed by atoms with Crippen LogP contribution in [0, 0.1) is 0 Å². The van der Waals surface area contributed by atoms with Gasteiger partial charge in [0.25, 0.3) is 10.2 Å². The molecular formula is C12H16ClN3O3S. The molecule has 1 fully saturated rings. The predicted octanol–water partition coefficient (Wildman–Crippen LogP) is 0.362. The van der Waals surface area contributed by atoms with Crippen LogP contribution in [0.25, 0.3) is 0 Å². The molecule has 20 heavy (non-hydrogen) atoms. The van der Waals surface area contributed by atoms with Gasteiger partial charge in [0.2, 0.25) is 5.91 Å². The molecule has 1 aliphatic rings. The number of nitrogens with zero attached hydrogens (tertiary/aromatic N) is 1. The third kappa shape index (κ3) is 2.80. The summed E-state index contributed by atoms with van der Waals surface area (Å²) in [5.74, 6) is -0.478. The van der Waals surface area contributed by atoms with Gasteiger partial charge in [-0.3, -0.25) is 4.79 Å². The van der Waals surface area contributed by atoms with Gasteiger partial charge in [-0.25, -0.2) is 5.14 Å². The van der Waals surface area contributed by atoms with E-state index in [9.17, 15) is 13.2 Å². The first-order chi connectivity index (χ1) is 9.25. The number of benzene rings is 1. The molecule has 0 aliphatic carbocycles. The average molecular weight is 318 g/mol. The lowest BCUT2D eigenvalue weighted by molar-refractivity contribution is -0.125. The predicted molar refractivity (Wildman–Crippen MR) is 76.2 cm³/mol. The summed E-state index contributed by atoms with van der Waals surface area (Å²) in [5, 5.41) is 5.61. The van der Waals surface area contributed by atoms with Crippen molar-refractivity contribution in [1.29, 1.82) is 0 Å². The Morgan fingerprint density at radius 3 is 2.35 bits per heavy atom. The lowest BCUT2D eigenvalue weighted by Crippen LogP contribution is -2.52. The van der Waals surface area contributed by atoms with Crippen LogP contribution in [-0.2, 0) is 20.4 Å². The van der Waals surface area contributed by atoms with E-state index < -0.39 is 21.5 Å². The van der Waals surface area contributed by atoms with Gasteiger partial charge in [-0.05, 0) is 30.5 Å². The Morgan fingerprint density at radius 2 is 1.90 bits per heavy atom. The fraction of sp³-hybridized carbons (Fsp3) is 0.417. The number of amides is 1. The lowest BCUT2D eigenvalue weighted by atomic mass is 9.72. The molecule has 0 spiro atoms. The Bertz CT molecular complexity index is 625. The van der Waals surface area contributed by atoms with E-state index in [0.717, 1.165) is 4.31 Å². The Morgan fingerprint density at radius 1 is 1.30 bits per heavy atom. The van der Waals surface area contributed by atoms with Gasteiger partial charge in [0.1, 0.15) is 0 Å². The first kappa shape index (κ1) is 15.2. The summed E-state index contributed by atoms with van der Waals surface area (Å²) in [6, 6.07) is 6.93. The smallest absolute Gasteiger partial charge is 0.276 e. The molecule has 1 aliphatic heterocycles. The van der Waals surface area contributed by atoms with E-state index in [4.69, 9.17) is 22.5 Å². The first-order valence-corrected chi connectivity index (χ1v) is 7.98. The molecule has 0 radical (unpaired) electrons. The molecule has 0 bridgehead atoms. The highest BCUT2D eigenvalue weighted by molar-refractivity contribution is 7.86. The second-order valence-corrected chi connectivity index (χ2v) is 6.88. The number of nitrogens with two attached hydrogens (primary N) is 2. The summed E-state index contributed by atoms with van der Waals surface area (Å²) < 4.78 is 23.8. The van der Waals surface area contributed by atoms with Gasteiger partial charge in [0.05, 0.1) is 5.41 Å². The molecule has 1 heterocycles. The van der Waals surface area contributed by atoms with E-state index >= 15 is 0 Å². The summed E-state index contributed by atoms with van der Waals surface area (Å²) in [4.78, 5) is 11.9. The van der Waals surface area contributed by atoms with Gasteiger partial charge in [-0.15, -0.1) is 0 Å². The van der Waals surface area contributed by atoms with Gasteiger partial charge >= 0.3 is 0 Å². The lowest BCUT2D eigenvalue weighted by Gasteiger charge is -2.38. The minimum Gasteiger partial charge on any atom is -0.369 e. The van der Waals surface area contributed by atoms with E-state index in [0.29, 0.717) is 23.4 Å². The minimum absolute atomic E-state index is 0.161. The van der Waals surface area contributed by atoms with Crippen molar-refractivity contribution in [3.8, 4) is 0 Å². The SMILES string of the molecule is NC(=O)C1(c2cccc(Cl)c2)CCN(S(N)(=O)=O)CC1. The van der Waals surface area contributed by atoms with Crippen molar-refractivity contribution in [1.82, 2.24) is 4.31 Å². The zero-order valence-corrected chi connectivity index (χ0v) is 12.3. The summed E-state index contributed by atoms with van der Waals surface area (Å²) in [6.45, 7) is 0.322. The number of rotatable bonds is 3. The Balaban J connectivity index is 2.33. The maximum atomic E-state index is 11.9. The van der Waals surface area contributed by atoms with Crippen LogP contribution in [0.5, 0.6) is 0 Å². The molecule has 1 amide bonds. The quantitative estimate of drug-likeness (QED) is 0.840. The van der Waals surface area contributed by atoms with Crippen LogP contribution in [-0.4, -0.2) is 31.7 Å². The van der Waals surface area contributed by atoms with Crippen molar-refractivity contribution >= 4 is 27.7 Å². The molecule has 0 unspecified atom stereocenters. The molecule has 0 aromatic heterocycles. The first-order valence-electron chi connectivity index (χ1n) is 6.09. The van der Waals surface area contributed by atoms with E-state index in [2.05, 4.69) is 0 Å². The van der Waals surface area contributed by atoms with Crippen LogP contribution in [0.2, 0.25) is 5.02 Å². The number of halogens is 1. The third-order valence-electron chi connectivity index (χ3n) is 3.78. The molecule has 6 nitrogen and oxygen atoms in total. The maximum absolute atomic E-state index is 11.9. The van der Waals surface area contributed by atoms with Gasteiger partial charge in [0.15, 0.2) is 0 Å². The number of hydrogen-bond acceptors (Lipinski definition) is 3. The van der Waals surface area contributed by atoms with E-state index in [1.807, 2.05) is 0 Å². The maximum Gasteiger partial charge on any atom is 0.276 e. The standard InChI is InChI=1S/C12H16ClN3O3S/c13-10-3-1-2-9(8-10)12(11(14)17)4-6-16(7-5-12)20(15,18)19/h1-3,8H,4-7H2,(H2,14,17)(H2,15,18,19).